The number of amides is 2. The van der Waals surface area contributed by atoms with Gasteiger partial charge in [-0.15, -0.1) is 0 Å². The third-order valence-corrected chi connectivity index (χ3v) is 1.47. The number of para-hydroxylation sites is 1. The second-order valence-electron chi connectivity index (χ2n) is 2.31. The average molecular weight is 195 g/mol. The van der Waals surface area contributed by atoms with E-state index in [-0.39, 0.29) is 5.11 Å². The zero-order chi connectivity index (χ0) is 9.68. The van der Waals surface area contributed by atoms with Crippen molar-refractivity contribution >= 4 is 29.0 Å². The van der Waals surface area contributed by atoms with Crippen molar-refractivity contribution in [1.82, 2.24) is 5.32 Å². The highest BCUT2D eigenvalue weighted by Crippen LogP contribution is 2.03. The molecular weight excluding hydrogens is 186 g/mol. The average Bonchev–Trinajstić information content (AvgIpc) is 2.04. The molecule has 0 aromatic heterocycles. The van der Waals surface area contributed by atoms with E-state index >= 15 is 0 Å². The van der Waals surface area contributed by atoms with Gasteiger partial charge < -0.3 is 11.1 Å². The van der Waals surface area contributed by atoms with Gasteiger partial charge in [-0.3, -0.25) is 5.32 Å². The summed E-state index contributed by atoms with van der Waals surface area (Å²) in [6, 6.07) is 8.58. The van der Waals surface area contributed by atoms with Gasteiger partial charge in [0, 0.05) is 5.69 Å². The number of hydrogen-bond acceptors (Lipinski definition) is 2. The van der Waals surface area contributed by atoms with Gasteiger partial charge in [-0.25, -0.2) is 4.79 Å². The smallest absolute Gasteiger partial charge is 0.318 e. The molecule has 2 amide bonds. The van der Waals surface area contributed by atoms with Crippen LogP contribution in [0.5, 0.6) is 0 Å². The summed E-state index contributed by atoms with van der Waals surface area (Å²) in [4.78, 5) is 10.4. The van der Waals surface area contributed by atoms with E-state index in [1.54, 1.807) is 0 Å². The second kappa shape index (κ2) is 4.42. The van der Waals surface area contributed by atoms with Crippen molar-refractivity contribution in [2.24, 2.45) is 5.73 Å². The number of rotatable bonds is 1. The number of benzene rings is 1. The first-order chi connectivity index (χ1) is 6.18. The monoisotopic (exact) mass is 195 g/mol. The Morgan fingerprint density at radius 3 is 2.46 bits per heavy atom. The van der Waals surface area contributed by atoms with Gasteiger partial charge in [0.15, 0.2) is 5.11 Å². The van der Waals surface area contributed by atoms with Crippen LogP contribution in [0, 0.1) is 0 Å². The molecule has 0 heterocycles. The maximum atomic E-state index is 10.4. The fourth-order valence-corrected chi connectivity index (χ4v) is 1.01. The number of primary amides is 1. The molecule has 1 rings (SSSR count). The minimum atomic E-state index is -0.673. The quantitative estimate of drug-likeness (QED) is 0.587. The van der Waals surface area contributed by atoms with Crippen LogP contribution in [0.15, 0.2) is 30.3 Å². The zero-order valence-electron chi connectivity index (χ0n) is 6.78. The fraction of sp³-hybridized carbons (Fsp3) is 0. The van der Waals surface area contributed by atoms with Gasteiger partial charge in [-0.1, -0.05) is 18.2 Å². The highest BCUT2D eigenvalue weighted by molar-refractivity contribution is 7.80. The largest absolute Gasteiger partial charge is 0.351 e. The van der Waals surface area contributed by atoms with Crippen LogP contribution in [-0.4, -0.2) is 11.1 Å². The Kier molecular flexibility index (Phi) is 3.22. The van der Waals surface area contributed by atoms with Crippen molar-refractivity contribution in [3.63, 3.8) is 0 Å². The molecule has 68 valence electrons. The summed E-state index contributed by atoms with van der Waals surface area (Å²) in [6.45, 7) is 0. The molecule has 1 aromatic rings. The Morgan fingerprint density at radius 2 is 1.92 bits per heavy atom. The summed E-state index contributed by atoms with van der Waals surface area (Å²) in [6.07, 6.45) is 0. The number of nitrogens with two attached hydrogens (primary N) is 1. The Bertz CT molecular complexity index is 312. The second-order valence-corrected chi connectivity index (χ2v) is 2.72. The van der Waals surface area contributed by atoms with Crippen LogP contribution in [0.2, 0.25) is 0 Å². The van der Waals surface area contributed by atoms with Crippen LogP contribution in [-0.2, 0) is 0 Å². The number of urea groups is 1. The van der Waals surface area contributed by atoms with Crippen LogP contribution in [0.25, 0.3) is 0 Å². The van der Waals surface area contributed by atoms with Crippen LogP contribution >= 0.6 is 12.2 Å². The third-order valence-electron chi connectivity index (χ3n) is 1.27. The number of nitrogens with one attached hydrogen (secondary N) is 2. The molecule has 4 N–H and O–H groups in total. The lowest BCUT2D eigenvalue weighted by molar-refractivity contribution is 0.253. The minimum Gasteiger partial charge on any atom is -0.351 e. The van der Waals surface area contributed by atoms with Crippen molar-refractivity contribution in [3.8, 4) is 0 Å². The first kappa shape index (κ1) is 9.47. The Labute approximate surface area is 81.1 Å². The number of thiocarbonyl (C=S) groups is 1. The van der Waals surface area contributed by atoms with E-state index in [0.717, 1.165) is 5.69 Å². The molecule has 0 aliphatic carbocycles. The normalized spacial score (nSPS) is 8.92. The lowest BCUT2D eigenvalue weighted by atomic mass is 10.3. The van der Waals surface area contributed by atoms with Crippen molar-refractivity contribution in [1.29, 1.82) is 0 Å². The molecule has 13 heavy (non-hydrogen) atoms. The number of hydrogen-bond donors (Lipinski definition) is 3. The molecule has 0 aliphatic rings. The van der Waals surface area contributed by atoms with E-state index in [4.69, 9.17) is 18.0 Å². The number of carbonyl (C=O) groups excluding carboxylic acids is 1. The lowest BCUT2D eigenvalue weighted by Gasteiger charge is -2.06. The van der Waals surface area contributed by atoms with E-state index in [2.05, 4.69) is 10.6 Å². The van der Waals surface area contributed by atoms with Gasteiger partial charge in [-0.05, 0) is 24.4 Å². The molecule has 0 fully saturated rings. The molecule has 0 saturated heterocycles. The summed E-state index contributed by atoms with van der Waals surface area (Å²) < 4.78 is 0. The molecule has 0 unspecified atom stereocenters. The summed E-state index contributed by atoms with van der Waals surface area (Å²) in [5, 5.41) is 5.24. The molecule has 0 radical (unpaired) electrons. The summed E-state index contributed by atoms with van der Waals surface area (Å²) >= 11 is 4.79. The predicted octanol–water partition coefficient (Wildman–Crippen LogP) is 1.05. The zero-order valence-corrected chi connectivity index (χ0v) is 7.60. The van der Waals surface area contributed by atoms with E-state index in [0.29, 0.717) is 0 Å². The molecule has 0 spiro atoms. The van der Waals surface area contributed by atoms with Crippen molar-refractivity contribution in [2.75, 3.05) is 5.32 Å². The lowest BCUT2D eigenvalue weighted by Crippen LogP contribution is -2.37. The maximum Gasteiger partial charge on any atom is 0.318 e. The number of carbonyl (C=O) groups is 1. The van der Waals surface area contributed by atoms with Gasteiger partial charge >= 0.3 is 6.03 Å². The molecule has 5 heteroatoms. The molecule has 1 aromatic carbocycles. The van der Waals surface area contributed by atoms with E-state index in [1.807, 2.05) is 30.3 Å². The highest BCUT2D eigenvalue weighted by Gasteiger charge is 1.98. The summed E-state index contributed by atoms with van der Waals surface area (Å²) in [5.74, 6) is 0. The van der Waals surface area contributed by atoms with Gasteiger partial charge in [0.25, 0.3) is 0 Å². The first-order valence-electron chi connectivity index (χ1n) is 3.61. The fourth-order valence-electron chi connectivity index (χ4n) is 0.796. The summed E-state index contributed by atoms with van der Waals surface area (Å²) in [7, 11) is 0. The van der Waals surface area contributed by atoms with Crippen LogP contribution in [0.1, 0.15) is 0 Å². The van der Waals surface area contributed by atoms with E-state index in [1.165, 1.54) is 0 Å². The summed E-state index contributed by atoms with van der Waals surface area (Å²) in [5.41, 5.74) is 5.68. The highest BCUT2D eigenvalue weighted by atomic mass is 32.1. The Balaban J connectivity index is 2.50. The van der Waals surface area contributed by atoms with Gasteiger partial charge in [0.2, 0.25) is 0 Å². The minimum absolute atomic E-state index is 0.193. The first-order valence-corrected chi connectivity index (χ1v) is 4.02. The predicted molar refractivity (Wildman–Crippen MR) is 55.4 cm³/mol. The standard InChI is InChI=1S/C8H9N3OS/c9-7(12)11-8(13)10-6-4-2-1-3-5-6/h1-5H,(H4,9,10,11,12,13). The van der Waals surface area contributed by atoms with Gasteiger partial charge in [-0.2, -0.15) is 0 Å². The number of anilines is 1. The topological polar surface area (TPSA) is 67.2 Å². The van der Waals surface area contributed by atoms with E-state index in [9.17, 15) is 4.79 Å². The van der Waals surface area contributed by atoms with Gasteiger partial charge in [0.05, 0.1) is 0 Å². The molecule has 0 bridgehead atoms. The Hall–Kier alpha value is -1.62. The van der Waals surface area contributed by atoms with Crippen molar-refractivity contribution < 1.29 is 4.79 Å². The van der Waals surface area contributed by atoms with Crippen molar-refractivity contribution in [3.05, 3.63) is 30.3 Å². The Morgan fingerprint density at radius 1 is 1.31 bits per heavy atom. The van der Waals surface area contributed by atoms with Crippen molar-refractivity contribution in [2.45, 2.75) is 0 Å². The molecule has 0 atom stereocenters. The molecule has 0 saturated carbocycles. The van der Waals surface area contributed by atoms with E-state index < -0.39 is 6.03 Å². The third kappa shape index (κ3) is 3.53. The van der Waals surface area contributed by atoms with Gasteiger partial charge in [0.1, 0.15) is 0 Å². The molecule has 4 nitrogen and oxygen atoms in total. The molecular formula is C8H9N3OS. The van der Waals surface area contributed by atoms with Crippen LogP contribution in [0.4, 0.5) is 10.5 Å². The maximum absolute atomic E-state index is 10.4. The molecule has 0 aliphatic heterocycles. The van der Waals surface area contributed by atoms with Crippen LogP contribution < -0.4 is 16.4 Å². The SMILES string of the molecule is NC(=O)NC(=S)Nc1ccccc1. The van der Waals surface area contributed by atoms with Crippen LogP contribution in [0.3, 0.4) is 0 Å².